The Balaban J connectivity index is 1.85. The van der Waals surface area contributed by atoms with Crippen molar-refractivity contribution in [3.63, 3.8) is 0 Å². The Morgan fingerprint density at radius 1 is 1.15 bits per heavy atom. The van der Waals surface area contributed by atoms with Crippen LogP contribution in [0.1, 0.15) is 15.9 Å². The van der Waals surface area contributed by atoms with Crippen LogP contribution in [0.15, 0.2) is 48.5 Å². The van der Waals surface area contributed by atoms with E-state index < -0.39 is 5.97 Å². The monoisotopic (exact) mass is 292 g/mol. The number of carboxylic acid groups (broad SMARTS) is 1. The molecule has 5 heteroatoms. The quantitative estimate of drug-likeness (QED) is 0.653. The van der Waals surface area contributed by atoms with Crippen LogP contribution in [0, 0.1) is 0 Å². The molecule has 0 radical (unpaired) electrons. The summed E-state index contributed by atoms with van der Waals surface area (Å²) in [6, 6.07) is 14.1. The number of hydrogen-bond acceptors (Lipinski definition) is 3. The van der Waals surface area contributed by atoms with E-state index in [1.807, 2.05) is 30.3 Å². The molecule has 0 saturated heterocycles. The SMILES string of the molecule is O=C(O)c1cc(OCOCc2ccccc2)ccc1Cl. The van der Waals surface area contributed by atoms with Gasteiger partial charge in [0.05, 0.1) is 17.2 Å². The van der Waals surface area contributed by atoms with E-state index in [0.29, 0.717) is 12.4 Å². The van der Waals surface area contributed by atoms with E-state index in [0.717, 1.165) is 5.56 Å². The molecule has 0 bridgehead atoms. The third-order valence-corrected chi connectivity index (χ3v) is 2.92. The van der Waals surface area contributed by atoms with Gasteiger partial charge >= 0.3 is 5.97 Å². The van der Waals surface area contributed by atoms with Crippen LogP contribution in [0.2, 0.25) is 5.02 Å². The standard InChI is InChI=1S/C15H13ClO4/c16-14-7-6-12(8-13(14)15(17)18)20-10-19-9-11-4-2-1-3-5-11/h1-8H,9-10H2,(H,17,18). The first-order valence-corrected chi connectivity index (χ1v) is 6.32. The van der Waals surface area contributed by atoms with E-state index in [2.05, 4.69) is 0 Å². The maximum Gasteiger partial charge on any atom is 0.337 e. The number of ether oxygens (including phenoxy) is 2. The summed E-state index contributed by atoms with van der Waals surface area (Å²) >= 11 is 5.76. The van der Waals surface area contributed by atoms with Gasteiger partial charge in [-0.05, 0) is 23.8 Å². The Kier molecular flexibility index (Phi) is 4.98. The molecule has 104 valence electrons. The molecule has 2 rings (SSSR count). The fourth-order valence-electron chi connectivity index (χ4n) is 1.60. The Hall–Kier alpha value is -2.04. The lowest BCUT2D eigenvalue weighted by Gasteiger charge is -2.08. The molecule has 4 nitrogen and oxygen atoms in total. The highest BCUT2D eigenvalue weighted by Crippen LogP contribution is 2.22. The number of rotatable bonds is 6. The molecule has 2 aromatic rings. The smallest absolute Gasteiger partial charge is 0.337 e. The van der Waals surface area contributed by atoms with E-state index in [9.17, 15) is 4.79 Å². The third-order valence-electron chi connectivity index (χ3n) is 2.59. The zero-order valence-electron chi connectivity index (χ0n) is 10.6. The third kappa shape index (κ3) is 3.98. The van der Waals surface area contributed by atoms with Crippen molar-refractivity contribution in [3.05, 3.63) is 64.7 Å². The molecule has 1 N–H and O–H groups in total. The van der Waals surface area contributed by atoms with Crippen molar-refractivity contribution in [1.82, 2.24) is 0 Å². The zero-order chi connectivity index (χ0) is 14.4. The predicted octanol–water partition coefficient (Wildman–Crippen LogP) is 3.59. The van der Waals surface area contributed by atoms with E-state index in [1.54, 1.807) is 6.07 Å². The first kappa shape index (κ1) is 14.4. The minimum Gasteiger partial charge on any atom is -0.478 e. The van der Waals surface area contributed by atoms with Crippen LogP contribution in [0.4, 0.5) is 0 Å². The fraction of sp³-hybridized carbons (Fsp3) is 0.133. The molecular weight excluding hydrogens is 280 g/mol. The van der Waals surface area contributed by atoms with Gasteiger partial charge in [0.25, 0.3) is 0 Å². The summed E-state index contributed by atoms with van der Waals surface area (Å²) in [7, 11) is 0. The number of halogens is 1. The number of aromatic carboxylic acids is 1. The Morgan fingerprint density at radius 3 is 2.60 bits per heavy atom. The van der Waals surface area contributed by atoms with Crippen molar-refractivity contribution >= 4 is 17.6 Å². The van der Waals surface area contributed by atoms with Crippen molar-refractivity contribution in [3.8, 4) is 5.75 Å². The summed E-state index contributed by atoms with van der Waals surface area (Å²) in [5.74, 6) is -0.689. The molecule has 0 aliphatic rings. The Bertz CT molecular complexity index is 584. The average molecular weight is 293 g/mol. The number of hydrogen-bond donors (Lipinski definition) is 1. The molecule has 20 heavy (non-hydrogen) atoms. The second kappa shape index (κ2) is 6.93. The van der Waals surface area contributed by atoms with Gasteiger partial charge in [-0.2, -0.15) is 0 Å². The normalized spacial score (nSPS) is 10.2. The minimum atomic E-state index is -1.09. The molecule has 0 aliphatic heterocycles. The van der Waals surface area contributed by atoms with Crippen LogP contribution in [-0.2, 0) is 11.3 Å². The second-order valence-corrected chi connectivity index (χ2v) is 4.45. The predicted molar refractivity (Wildman–Crippen MR) is 75.1 cm³/mol. The lowest BCUT2D eigenvalue weighted by Crippen LogP contribution is -2.04. The summed E-state index contributed by atoms with van der Waals surface area (Å²) in [6.07, 6.45) is 0. The van der Waals surface area contributed by atoms with Crippen LogP contribution in [0.5, 0.6) is 5.75 Å². The molecule has 0 atom stereocenters. The first-order chi connectivity index (χ1) is 9.66. The molecule has 0 amide bonds. The summed E-state index contributed by atoms with van der Waals surface area (Å²) in [6.45, 7) is 0.468. The molecule has 0 fully saturated rings. The van der Waals surface area contributed by atoms with Crippen molar-refractivity contribution in [2.45, 2.75) is 6.61 Å². The van der Waals surface area contributed by atoms with Crippen molar-refractivity contribution in [1.29, 1.82) is 0 Å². The molecule has 0 aromatic heterocycles. The van der Waals surface area contributed by atoms with Crippen LogP contribution in [-0.4, -0.2) is 17.9 Å². The van der Waals surface area contributed by atoms with Gasteiger partial charge in [-0.3, -0.25) is 0 Å². The van der Waals surface area contributed by atoms with Crippen molar-refractivity contribution in [2.75, 3.05) is 6.79 Å². The van der Waals surface area contributed by atoms with Crippen molar-refractivity contribution < 1.29 is 19.4 Å². The maximum absolute atomic E-state index is 10.9. The molecular formula is C15H13ClO4. The van der Waals surface area contributed by atoms with Gasteiger partial charge in [-0.1, -0.05) is 41.9 Å². The summed E-state index contributed by atoms with van der Waals surface area (Å²) < 4.78 is 10.7. The van der Waals surface area contributed by atoms with Crippen LogP contribution >= 0.6 is 11.6 Å². The summed E-state index contributed by atoms with van der Waals surface area (Å²) in [4.78, 5) is 10.9. The lowest BCUT2D eigenvalue weighted by atomic mass is 10.2. The van der Waals surface area contributed by atoms with Gasteiger partial charge < -0.3 is 14.6 Å². The van der Waals surface area contributed by atoms with Gasteiger partial charge in [-0.25, -0.2) is 4.79 Å². The summed E-state index contributed by atoms with van der Waals surface area (Å²) in [5, 5.41) is 9.12. The first-order valence-electron chi connectivity index (χ1n) is 5.94. The topological polar surface area (TPSA) is 55.8 Å². The maximum atomic E-state index is 10.9. The number of benzene rings is 2. The van der Waals surface area contributed by atoms with Gasteiger partial charge in [0.2, 0.25) is 0 Å². The second-order valence-electron chi connectivity index (χ2n) is 4.04. The lowest BCUT2D eigenvalue weighted by molar-refractivity contribution is 0.00496. The zero-order valence-corrected chi connectivity index (χ0v) is 11.3. The minimum absolute atomic E-state index is 0.00669. The molecule has 0 heterocycles. The van der Waals surface area contributed by atoms with Gasteiger partial charge in [0.15, 0.2) is 6.79 Å². The van der Waals surface area contributed by atoms with E-state index in [1.165, 1.54) is 12.1 Å². The number of carbonyl (C=O) groups is 1. The van der Waals surface area contributed by atoms with E-state index in [-0.39, 0.29) is 17.4 Å². The Labute approximate surface area is 121 Å². The highest BCUT2D eigenvalue weighted by atomic mass is 35.5. The van der Waals surface area contributed by atoms with Crippen molar-refractivity contribution in [2.24, 2.45) is 0 Å². The van der Waals surface area contributed by atoms with Gasteiger partial charge in [0.1, 0.15) is 5.75 Å². The largest absolute Gasteiger partial charge is 0.478 e. The van der Waals surface area contributed by atoms with Gasteiger partial charge in [0, 0.05) is 0 Å². The number of carboxylic acids is 1. The molecule has 2 aromatic carbocycles. The molecule has 0 saturated carbocycles. The van der Waals surface area contributed by atoms with E-state index >= 15 is 0 Å². The Morgan fingerprint density at radius 2 is 1.90 bits per heavy atom. The van der Waals surface area contributed by atoms with Crippen LogP contribution in [0.3, 0.4) is 0 Å². The highest BCUT2D eigenvalue weighted by Gasteiger charge is 2.09. The molecule has 0 spiro atoms. The molecule has 0 aliphatic carbocycles. The molecule has 0 unspecified atom stereocenters. The van der Waals surface area contributed by atoms with Crippen LogP contribution < -0.4 is 4.74 Å². The fourth-order valence-corrected chi connectivity index (χ4v) is 1.80. The van der Waals surface area contributed by atoms with Crippen LogP contribution in [0.25, 0.3) is 0 Å². The van der Waals surface area contributed by atoms with E-state index in [4.69, 9.17) is 26.2 Å². The van der Waals surface area contributed by atoms with Gasteiger partial charge in [-0.15, -0.1) is 0 Å². The highest BCUT2D eigenvalue weighted by molar-refractivity contribution is 6.33. The summed E-state index contributed by atoms with van der Waals surface area (Å²) in [5.41, 5.74) is 1.05. The average Bonchev–Trinajstić information content (AvgIpc) is 2.46.